The van der Waals surface area contributed by atoms with E-state index in [4.69, 9.17) is 4.42 Å². The molecule has 0 saturated heterocycles. The number of carbonyl (C=O) groups is 1. The lowest BCUT2D eigenvalue weighted by Crippen LogP contribution is -2.38. The molecule has 4 heteroatoms. The molecule has 4 nitrogen and oxygen atoms in total. The van der Waals surface area contributed by atoms with Gasteiger partial charge >= 0.3 is 0 Å². The van der Waals surface area contributed by atoms with Crippen molar-refractivity contribution in [2.75, 3.05) is 13.1 Å². The molecule has 0 radical (unpaired) electrons. The van der Waals surface area contributed by atoms with Gasteiger partial charge in [-0.25, -0.2) is 0 Å². The van der Waals surface area contributed by atoms with Gasteiger partial charge in [-0.2, -0.15) is 0 Å². The number of nitrogens with one attached hydrogen (secondary N) is 2. The van der Waals surface area contributed by atoms with E-state index in [2.05, 4.69) is 10.6 Å². The average Bonchev–Trinajstić information content (AvgIpc) is 2.55. The van der Waals surface area contributed by atoms with Crippen LogP contribution in [0.5, 0.6) is 0 Å². The van der Waals surface area contributed by atoms with E-state index in [0.717, 1.165) is 12.3 Å². The van der Waals surface area contributed by atoms with Gasteiger partial charge < -0.3 is 15.1 Å². The Balaban J connectivity index is 2.50. The summed E-state index contributed by atoms with van der Waals surface area (Å²) >= 11 is 0. The van der Waals surface area contributed by atoms with Crippen LogP contribution in [0.3, 0.4) is 0 Å². The van der Waals surface area contributed by atoms with Crippen LogP contribution in [0.2, 0.25) is 0 Å². The van der Waals surface area contributed by atoms with Crippen LogP contribution in [0.15, 0.2) is 10.5 Å². The lowest BCUT2D eigenvalue weighted by atomic mass is 10.2. The molecule has 0 aromatic carbocycles. The Morgan fingerprint density at radius 2 is 2.19 bits per heavy atom. The van der Waals surface area contributed by atoms with Gasteiger partial charge in [-0.1, -0.05) is 6.92 Å². The maximum Gasteiger partial charge on any atom is 0.254 e. The molecule has 0 aliphatic heterocycles. The highest BCUT2D eigenvalue weighted by molar-refractivity contribution is 5.95. The lowest BCUT2D eigenvalue weighted by molar-refractivity contribution is 0.0948. The molecule has 1 amide bonds. The number of likely N-dealkylation sites (N-methyl/N-ethyl adjacent to an activating group) is 1. The predicted molar refractivity (Wildman–Crippen MR) is 63.7 cm³/mol. The van der Waals surface area contributed by atoms with Gasteiger partial charge in [0.15, 0.2) is 0 Å². The largest absolute Gasteiger partial charge is 0.466 e. The van der Waals surface area contributed by atoms with Gasteiger partial charge in [0.05, 0.1) is 5.56 Å². The minimum Gasteiger partial charge on any atom is -0.466 e. The fourth-order valence-corrected chi connectivity index (χ4v) is 1.62. The Hall–Kier alpha value is -1.29. The molecule has 1 aromatic heterocycles. The summed E-state index contributed by atoms with van der Waals surface area (Å²) in [5, 5.41) is 6.11. The molecule has 0 unspecified atom stereocenters. The van der Waals surface area contributed by atoms with E-state index < -0.39 is 0 Å². The Labute approximate surface area is 96.4 Å². The zero-order valence-corrected chi connectivity index (χ0v) is 10.4. The third-order valence-electron chi connectivity index (χ3n) is 2.41. The Bertz CT molecular complexity index is 358. The second-order valence-electron chi connectivity index (χ2n) is 4.00. The van der Waals surface area contributed by atoms with Crippen LogP contribution in [0.4, 0.5) is 0 Å². The van der Waals surface area contributed by atoms with Crippen LogP contribution >= 0.6 is 0 Å². The first-order valence-electron chi connectivity index (χ1n) is 5.63. The van der Waals surface area contributed by atoms with E-state index in [0.29, 0.717) is 17.9 Å². The van der Waals surface area contributed by atoms with E-state index in [9.17, 15) is 4.79 Å². The summed E-state index contributed by atoms with van der Waals surface area (Å²) in [4.78, 5) is 11.8. The molecule has 0 aliphatic carbocycles. The van der Waals surface area contributed by atoms with Gasteiger partial charge in [0.25, 0.3) is 5.91 Å². The van der Waals surface area contributed by atoms with Gasteiger partial charge in [-0.05, 0) is 33.4 Å². The molecular formula is C12H20N2O2. The third-order valence-corrected chi connectivity index (χ3v) is 2.41. The lowest BCUT2D eigenvalue weighted by Gasteiger charge is -2.12. The SMILES string of the molecule is CCN[C@H](C)CNC(=O)c1cc(C)oc1C. The zero-order chi connectivity index (χ0) is 12.1. The summed E-state index contributed by atoms with van der Waals surface area (Å²) < 4.78 is 5.31. The molecule has 1 aromatic rings. The normalized spacial score (nSPS) is 12.5. The van der Waals surface area contributed by atoms with Crippen molar-refractivity contribution >= 4 is 5.91 Å². The van der Waals surface area contributed by atoms with Gasteiger partial charge in [-0.3, -0.25) is 4.79 Å². The number of hydrogen-bond donors (Lipinski definition) is 2. The van der Waals surface area contributed by atoms with E-state index in [-0.39, 0.29) is 11.9 Å². The van der Waals surface area contributed by atoms with E-state index in [1.54, 1.807) is 13.0 Å². The fraction of sp³-hybridized carbons (Fsp3) is 0.583. The monoisotopic (exact) mass is 224 g/mol. The molecule has 0 bridgehead atoms. The highest BCUT2D eigenvalue weighted by Crippen LogP contribution is 2.13. The Morgan fingerprint density at radius 3 is 2.69 bits per heavy atom. The molecule has 0 saturated carbocycles. The molecule has 0 fully saturated rings. The third kappa shape index (κ3) is 3.38. The first-order chi connectivity index (χ1) is 7.54. The summed E-state index contributed by atoms with van der Waals surface area (Å²) in [5.41, 5.74) is 0.626. The van der Waals surface area contributed by atoms with E-state index >= 15 is 0 Å². The summed E-state index contributed by atoms with van der Waals surface area (Å²) in [6.07, 6.45) is 0. The molecule has 90 valence electrons. The van der Waals surface area contributed by atoms with Gasteiger partial charge in [0.2, 0.25) is 0 Å². The molecule has 0 aliphatic rings. The number of carbonyl (C=O) groups excluding carboxylic acids is 1. The summed E-state index contributed by atoms with van der Waals surface area (Å²) in [5.74, 6) is 1.37. The highest BCUT2D eigenvalue weighted by atomic mass is 16.3. The molecule has 2 N–H and O–H groups in total. The molecular weight excluding hydrogens is 204 g/mol. The topological polar surface area (TPSA) is 54.3 Å². The van der Waals surface area contributed by atoms with Crippen LogP contribution in [0.1, 0.15) is 35.7 Å². The van der Waals surface area contributed by atoms with Crippen molar-refractivity contribution in [3.05, 3.63) is 23.2 Å². The molecule has 0 spiro atoms. The molecule has 1 heterocycles. The number of furan rings is 1. The summed E-state index contributed by atoms with van der Waals surface area (Å²) in [6.45, 7) is 9.25. The van der Waals surface area contributed by atoms with Crippen molar-refractivity contribution in [1.82, 2.24) is 10.6 Å². The Morgan fingerprint density at radius 1 is 1.50 bits per heavy atom. The van der Waals surface area contributed by atoms with Crippen molar-refractivity contribution in [3.8, 4) is 0 Å². The van der Waals surface area contributed by atoms with Crippen molar-refractivity contribution in [2.45, 2.75) is 33.7 Å². The van der Waals surface area contributed by atoms with Crippen molar-refractivity contribution < 1.29 is 9.21 Å². The standard InChI is InChI=1S/C12H20N2O2/c1-5-13-8(2)7-14-12(15)11-6-9(3)16-10(11)4/h6,8,13H,5,7H2,1-4H3,(H,14,15)/t8-/m1/s1. The van der Waals surface area contributed by atoms with Crippen LogP contribution in [-0.2, 0) is 0 Å². The quantitative estimate of drug-likeness (QED) is 0.799. The maximum absolute atomic E-state index is 11.8. The van der Waals surface area contributed by atoms with Crippen molar-refractivity contribution in [2.24, 2.45) is 0 Å². The number of aryl methyl sites for hydroxylation is 2. The highest BCUT2D eigenvalue weighted by Gasteiger charge is 2.13. The molecule has 16 heavy (non-hydrogen) atoms. The molecule has 1 atom stereocenters. The average molecular weight is 224 g/mol. The fourth-order valence-electron chi connectivity index (χ4n) is 1.62. The van der Waals surface area contributed by atoms with Crippen LogP contribution < -0.4 is 10.6 Å². The van der Waals surface area contributed by atoms with E-state index in [1.807, 2.05) is 20.8 Å². The summed E-state index contributed by atoms with van der Waals surface area (Å²) in [7, 11) is 0. The summed E-state index contributed by atoms with van der Waals surface area (Å²) in [6, 6.07) is 2.05. The second kappa shape index (κ2) is 5.70. The number of rotatable bonds is 5. The van der Waals surface area contributed by atoms with Gasteiger partial charge in [0.1, 0.15) is 11.5 Å². The predicted octanol–water partition coefficient (Wildman–Crippen LogP) is 1.62. The zero-order valence-electron chi connectivity index (χ0n) is 10.4. The van der Waals surface area contributed by atoms with Crippen LogP contribution in [-0.4, -0.2) is 25.0 Å². The smallest absolute Gasteiger partial charge is 0.254 e. The first kappa shape index (κ1) is 12.8. The molecule has 1 rings (SSSR count). The minimum atomic E-state index is -0.0703. The van der Waals surface area contributed by atoms with E-state index in [1.165, 1.54) is 0 Å². The Kier molecular flexibility index (Phi) is 4.55. The van der Waals surface area contributed by atoms with Gasteiger partial charge in [-0.15, -0.1) is 0 Å². The van der Waals surface area contributed by atoms with Gasteiger partial charge in [0, 0.05) is 12.6 Å². The first-order valence-corrected chi connectivity index (χ1v) is 5.63. The number of hydrogen-bond acceptors (Lipinski definition) is 3. The number of amides is 1. The maximum atomic E-state index is 11.8. The van der Waals surface area contributed by atoms with Crippen LogP contribution in [0, 0.1) is 13.8 Å². The van der Waals surface area contributed by atoms with Crippen LogP contribution in [0.25, 0.3) is 0 Å². The second-order valence-corrected chi connectivity index (χ2v) is 4.00. The minimum absolute atomic E-state index is 0.0703. The van der Waals surface area contributed by atoms with Crippen molar-refractivity contribution in [1.29, 1.82) is 0 Å². The van der Waals surface area contributed by atoms with Crippen molar-refractivity contribution in [3.63, 3.8) is 0 Å².